The minimum absolute atomic E-state index is 0.0119. The summed E-state index contributed by atoms with van der Waals surface area (Å²) in [5.74, 6) is 0.0433. The van der Waals surface area contributed by atoms with Crippen molar-refractivity contribution in [3.05, 3.63) is 33.5 Å². The Labute approximate surface area is 134 Å². The average molecular weight is 319 g/mol. The first-order chi connectivity index (χ1) is 10.5. The second-order valence-electron chi connectivity index (χ2n) is 6.17. The van der Waals surface area contributed by atoms with Gasteiger partial charge in [-0.05, 0) is 45.2 Å². The molecule has 1 saturated heterocycles. The number of carbonyl (C=O) groups is 2. The smallest absolute Gasteiger partial charge is 0.263 e. The van der Waals surface area contributed by atoms with Crippen LogP contribution in [0, 0.1) is 0 Å². The van der Waals surface area contributed by atoms with Crippen molar-refractivity contribution in [1.82, 2.24) is 4.90 Å². The molecule has 2 aliphatic heterocycles. The molecule has 2 aliphatic rings. The monoisotopic (exact) mass is 319 g/mol. The Morgan fingerprint density at radius 1 is 1.23 bits per heavy atom. The molecule has 3 heterocycles. The Kier molecular flexibility index (Phi) is 4.19. The largest absolute Gasteiger partial charge is 0.370 e. The molecule has 4 nitrogen and oxygen atoms in total. The quantitative estimate of drug-likeness (QED) is 0.621. The number of piperidine rings is 1. The molecular weight excluding hydrogens is 298 g/mol. The van der Waals surface area contributed by atoms with Crippen molar-refractivity contribution in [1.29, 1.82) is 0 Å². The van der Waals surface area contributed by atoms with Gasteiger partial charge in [0.1, 0.15) is 0 Å². The lowest BCUT2D eigenvalue weighted by atomic mass is 9.87. The fraction of sp³-hybridized carbons (Fsp3) is 0.529. The predicted molar refractivity (Wildman–Crippen MR) is 86.5 cm³/mol. The van der Waals surface area contributed by atoms with E-state index in [4.69, 9.17) is 4.74 Å². The highest BCUT2D eigenvalue weighted by Crippen LogP contribution is 2.33. The molecule has 1 spiro atoms. The Morgan fingerprint density at radius 2 is 1.91 bits per heavy atom. The summed E-state index contributed by atoms with van der Waals surface area (Å²) in [6.45, 7) is 5.87. The van der Waals surface area contributed by atoms with Gasteiger partial charge in [-0.1, -0.05) is 11.6 Å². The molecule has 0 saturated carbocycles. The zero-order valence-electron chi connectivity index (χ0n) is 13.1. The Hall–Kier alpha value is -1.46. The highest BCUT2D eigenvalue weighted by molar-refractivity contribution is 7.15. The maximum Gasteiger partial charge on any atom is 0.263 e. The van der Waals surface area contributed by atoms with Crippen LogP contribution in [0.5, 0.6) is 0 Å². The molecule has 1 amide bonds. The summed E-state index contributed by atoms with van der Waals surface area (Å²) in [5.41, 5.74) is 1.22. The van der Waals surface area contributed by atoms with Gasteiger partial charge in [-0.25, -0.2) is 0 Å². The van der Waals surface area contributed by atoms with Crippen molar-refractivity contribution in [2.45, 2.75) is 38.7 Å². The lowest BCUT2D eigenvalue weighted by Gasteiger charge is -2.42. The zero-order chi connectivity index (χ0) is 15.7. The highest BCUT2D eigenvalue weighted by atomic mass is 32.1. The number of hydrogen-bond donors (Lipinski definition) is 0. The van der Waals surface area contributed by atoms with E-state index in [9.17, 15) is 9.59 Å². The third-order valence-corrected chi connectivity index (χ3v) is 5.63. The first kappa shape index (κ1) is 15.4. The van der Waals surface area contributed by atoms with Gasteiger partial charge in [0.05, 0.1) is 22.0 Å². The van der Waals surface area contributed by atoms with Crippen LogP contribution in [-0.4, -0.2) is 41.9 Å². The number of rotatable bonds is 2. The molecule has 0 N–H and O–H groups in total. The number of amides is 1. The van der Waals surface area contributed by atoms with Gasteiger partial charge < -0.3 is 9.64 Å². The molecular formula is C17H21NO3S. The van der Waals surface area contributed by atoms with Crippen LogP contribution in [0.15, 0.2) is 23.8 Å². The third kappa shape index (κ3) is 3.01. The number of Topliss-reactive ketones (excluding diaryl/α,β-unsaturated/α-hetero) is 1. The summed E-state index contributed by atoms with van der Waals surface area (Å²) < 4.78 is 5.99. The number of hydrogen-bond acceptors (Lipinski definition) is 4. The molecule has 1 aromatic heterocycles. The van der Waals surface area contributed by atoms with Gasteiger partial charge in [0.15, 0.2) is 5.78 Å². The molecule has 0 bridgehead atoms. The van der Waals surface area contributed by atoms with E-state index in [0.29, 0.717) is 22.8 Å². The molecule has 5 heteroatoms. The molecule has 1 fully saturated rings. The standard InChI is InChI=1S/C17H21NO3S/c1-12-5-10-21-17(11-12)6-8-18(9-7-17)16(20)15-4-3-14(22-15)13(2)19/h3-4,11H,5-10H2,1-2H3. The van der Waals surface area contributed by atoms with E-state index in [-0.39, 0.29) is 17.3 Å². The second-order valence-corrected chi connectivity index (χ2v) is 7.25. The van der Waals surface area contributed by atoms with E-state index in [0.717, 1.165) is 25.9 Å². The van der Waals surface area contributed by atoms with Crippen molar-refractivity contribution in [3.8, 4) is 0 Å². The summed E-state index contributed by atoms with van der Waals surface area (Å²) >= 11 is 1.29. The van der Waals surface area contributed by atoms with Crippen molar-refractivity contribution in [3.63, 3.8) is 0 Å². The van der Waals surface area contributed by atoms with Crippen LogP contribution in [0.25, 0.3) is 0 Å². The van der Waals surface area contributed by atoms with Gasteiger partial charge in [0, 0.05) is 13.1 Å². The Morgan fingerprint density at radius 3 is 2.50 bits per heavy atom. The van der Waals surface area contributed by atoms with Gasteiger partial charge >= 0.3 is 0 Å². The first-order valence-electron chi connectivity index (χ1n) is 7.71. The molecule has 0 aromatic carbocycles. The summed E-state index contributed by atoms with van der Waals surface area (Å²) in [6.07, 6.45) is 4.95. The summed E-state index contributed by atoms with van der Waals surface area (Å²) in [4.78, 5) is 27.1. The van der Waals surface area contributed by atoms with Gasteiger partial charge in [-0.3, -0.25) is 9.59 Å². The average Bonchev–Trinajstić information content (AvgIpc) is 2.97. The molecule has 1 aromatic rings. The molecule has 0 aliphatic carbocycles. The van der Waals surface area contributed by atoms with E-state index in [1.54, 1.807) is 12.1 Å². The van der Waals surface area contributed by atoms with Gasteiger partial charge in [0.25, 0.3) is 5.91 Å². The number of nitrogens with zero attached hydrogens (tertiary/aromatic N) is 1. The predicted octanol–water partition coefficient (Wildman–Crippen LogP) is 3.29. The fourth-order valence-electron chi connectivity index (χ4n) is 3.15. The van der Waals surface area contributed by atoms with E-state index >= 15 is 0 Å². The molecule has 118 valence electrons. The van der Waals surface area contributed by atoms with E-state index in [2.05, 4.69) is 13.0 Å². The Balaban J connectivity index is 1.67. The van der Waals surface area contributed by atoms with Crippen molar-refractivity contribution in [2.75, 3.05) is 19.7 Å². The van der Waals surface area contributed by atoms with Crippen LogP contribution < -0.4 is 0 Å². The van der Waals surface area contributed by atoms with Crippen LogP contribution in [0.2, 0.25) is 0 Å². The molecule has 3 rings (SSSR count). The van der Waals surface area contributed by atoms with E-state index in [1.165, 1.54) is 23.8 Å². The highest BCUT2D eigenvalue weighted by Gasteiger charge is 2.37. The van der Waals surface area contributed by atoms with E-state index < -0.39 is 0 Å². The lowest BCUT2D eigenvalue weighted by molar-refractivity contribution is -0.0521. The number of thiophene rings is 1. The lowest BCUT2D eigenvalue weighted by Crippen LogP contribution is -2.48. The summed E-state index contributed by atoms with van der Waals surface area (Å²) in [7, 11) is 0. The number of ketones is 1. The molecule has 22 heavy (non-hydrogen) atoms. The van der Waals surface area contributed by atoms with Crippen molar-refractivity contribution >= 4 is 23.0 Å². The SMILES string of the molecule is CC(=O)c1ccc(C(=O)N2CCC3(C=C(C)CCO3)CC2)s1. The third-order valence-electron chi connectivity index (χ3n) is 4.46. The minimum atomic E-state index is -0.168. The van der Waals surface area contributed by atoms with Gasteiger partial charge in [0.2, 0.25) is 0 Å². The fourth-order valence-corrected chi connectivity index (χ4v) is 4.02. The Bertz CT molecular complexity index is 624. The zero-order valence-corrected chi connectivity index (χ0v) is 13.9. The molecule has 0 atom stereocenters. The summed E-state index contributed by atoms with van der Waals surface area (Å²) in [5, 5.41) is 0. The van der Waals surface area contributed by atoms with Gasteiger partial charge in [-0.15, -0.1) is 11.3 Å². The second kappa shape index (κ2) is 5.97. The normalized spacial score (nSPS) is 20.8. The number of carbonyl (C=O) groups excluding carboxylic acids is 2. The first-order valence-corrected chi connectivity index (χ1v) is 8.53. The van der Waals surface area contributed by atoms with Crippen LogP contribution in [0.4, 0.5) is 0 Å². The maximum atomic E-state index is 12.5. The van der Waals surface area contributed by atoms with Crippen LogP contribution in [0.3, 0.4) is 0 Å². The summed E-state index contributed by atoms with van der Waals surface area (Å²) in [6, 6.07) is 3.50. The van der Waals surface area contributed by atoms with Gasteiger partial charge in [-0.2, -0.15) is 0 Å². The number of ether oxygens (including phenoxy) is 1. The maximum absolute atomic E-state index is 12.5. The molecule has 0 unspecified atom stereocenters. The van der Waals surface area contributed by atoms with Crippen molar-refractivity contribution in [2.24, 2.45) is 0 Å². The molecule has 0 radical (unpaired) electrons. The van der Waals surface area contributed by atoms with Crippen LogP contribution in [-0.2, 0) is 4.74 Å². The van der Waals surface area contributed by atoms with E-state index in [1.807, 2.05) is 4.90 Å². The number of likely N-dealkylation sites (tertiary alicyclic amines) is 1. The minimum Gasteiger partial charge on any atom is -0.370 e. The van der Waals surface area contributed by atoms with Crippen molar-refractivity contribution < 1.29 is 14.3 Å². The van der Waals surface area contributed by atoms with Crippen LogP contribution >= 0.6 is 11.3 Å². The topological polar surface area (TPSA) is 46.6 Å². The van der Waals surface area contributed by atoms with Crippen LogP contribution in [0.1, 0.15) is 52.5 Å².